The van der Waals surface area contributed by atoms with Gasteiger partial charge in [-0.15, -0.1) is 0 Å². The first-order valence-electron chi connectivity index (χ1n) is 3.36. The molecule has 60 valence electrons. The van der Waals surface area contributed by atoms with Crippen LogP contribution in [0.5, 0.6) is 0 Å². The Kier molecular flexibility index (Phi) is 2.05. The van der Waals surface area contributed by atoms with E-state index in [1.807, 2.05) is 6.92 Å². The topological polar surface area (TPSA) is 22.0 Å². The minimum Gasteiger partial charge on any atom is -0.316 e. The monoisotopic (exact) mass is 171 g/mol. The van der Waals surface area contributed by atoms with Crippen molar-refractivity contribution in [3.8, 4) is 0 Å². The molecule has 1 heterocycles. The number of hydrogen-bond acceptors (Lipinski definition) is 1. The average Bonchev–Trinajstić information content (AvgIpc) is 1.97. The van der Waals surface area contributed by atoms with E-state index in [1.54, 1.807) is 24.6 Å². The number of nitrogens with zero attached hydrogens (tertiary/aromatic N) is 1. The van der Waals surface area contributed by atoms with Gasteiger partial charge in [-0.1, -0.05) is 11.6 Å². The first-order chi connectivity index (χ1) is 5.04. The van der Waals surface area contributed by atoms with E-state index in [-0.39, 0.29) is 5.56 Å². The van der Waals surface area contributed by atoms with Crippen molar-refractivity contribution >= 4 is 11.6 Å². The first kappa shape index (κ1) is 8.34. The molecule has 2 nitrogen and oxygen atoms in total. The van der Waals surface area contributed by atoms with Gasteiger partial charge in [0.05, 0.1) is 5.02 Å². The van der Waals surface area contributed by atoms with E-state index in [9.17, 15) is 4.79 Å². The van der Waals surface area contributed by atoms with E-state index in [2.05, 4.69) is 0 Å². The quantitative estimate of drug-likeness (QED) is 0.582. The highest BCUT2D eigenvalue weighted by Gasteiger charge is 2.03. The molecule has 0 spiro atoms. The predicted octanol–water partition coefficient (Wildman–Crippen LogP) is 1.66. The predicted molar refractivity (Wildman–Crippen MR) is 46.2 cm³/mol. The van der Waals surface area contributed by atoms with Gasteiger partial charge in [-0.25, -0.2) is 0 Å². The van der Waals surface area contributed by atoms with Crippen molar-refractivity contribution in [3.05, 3.63) is 32.7 Å². The Morgan fingerprint density at radius 1 is 1.45 bits per heavy atom. The summed E-state index contributed by atoms with van der Waals surface area (Å²) in [6.07, 6.45) is 0. The number of hydrogen-bond donors (Lipinski definition) is 0. The molecule has 0 saturated heterocycles. The average molecular weight is 172 g/mol. The lowest BCUT2D eigenvalue weighted by Crippen LogP contribution is -2.21. The van der Waals surface area contributed by atoms with Crippen molar-refractivity contribution in [1.29, 1.82) is 0 Å². The Morgan fingerprint density at radius 2 is 2.00 bits per heavy atom. The van der Waals surface area contributed by atoms with Crippen LogP contribution in [0, 0.1) is 13.8 Å². The minimum absolute atomic E-state index is 0.0185. The molecule has 1 aromatic heterocycles. The number of halogens is 1. The van der Waals surface area contributed by atoms with Gasteiger partial charge in [0, 0.05) is 18.3 Å². The number of pyridine rings is 1. The molecular weight excluding hydrogens is 162 g/mol. The van der Waals surface area contributed by atoms with Crippen molar-refractivity contribution in [2.24, 2.45) is 7.05 Å². The number of aromatic nitrogens is 1. The van der Waals surface area contributed by atoms with Crippen molar-refractivity contribution in [2.45, 2.75) is 13.8 Å². The fourth-order valence-electron chi connectivity index (χ4n) is 0.902. The molecule has 3 heteroatoms. The maximum atomic E-state index is 11.3. The van der Waals surface area contributed by atoms with E-state index < -0.39 is 0 Å². The van der Waals surface area contributed by atoms with Gasteiger partial charge in [-0.2, -0.15) is 0 Å². The zero-order valence-electron chi connectivity index (χ0n) is 6.81. The highest BCUT2D eigenvalue weighted by Crippen LogP contribution is 2.11. The standard InChI is InChI=1S/C8H10ClNO/c1-5-4-7(9)6(2)8(11)10(5)3/h4H,1-3H3. The summed E-state index contributed by atoms with van der Waals surface area (Å²) in [5.41, 5.74) is 1.47. The largest absolute Gasteiger partial charge is 0.316 e. The molecule has 0 N–H and O–H groups in total. The molecule has 0 aliphatic carbocycles. The summed E-state index contributed by atoms with van der Waals surface area (Å²) in [5.74, 6) is 0. The summed E-state index contributed by atoms with van der Waals surface area (Å²) in [7, 11) is 1.74. The van der Waals surface area contributed by atoms with Gasteiger partial charge in [-0.05, 0) is 19.9 Å². The molecule has 0 bridgehead atoms. The van der Waals surface area contributed by atoms with Crippen molar-refractivity contribution < 1.29 is 0 Å². The fraction of sp³-hybridized carbons (Fsp3) is 0.375. The van der Waals surface area contributed by atoms with Crippen molar-refractivity contribution in [2.75, 3.05) is 0 Å². The van der Waals surface area contributed by atoms with Crippen LogP contribution in [0.3, 0.4) is 0 Å². The molecule has 0 aromatic carbocycles. The molecule has 0 aliphatic rings. The summed E-state index contributed by atoms with van der Waals surface area (Å²) >= 11 is 5.78. The Hall–Kier alpha value is -0.760. The summed E-state index contributed by atoms with van der Waals surface area (Å²) in [6, 6.07) is 1.79. The summed E-state index contributed by atoms with van der Waals surface area (Å²) in [4.78, 5) is 11.3. The summed E-state index contributed by atoms with van der Waals surface area (Å²) in [6.45, 7) is 3.58. The molecule has 0 saturated carbocycles. The maximum absolute atomic E-state index is 11.3. The highest BCUT2D eigenvalue weighted by atomic mass is 35.5. The van der Waals surface area contributed by atoms with Gasteiger partial charge >= 0.3 is 0 Å². The van der Waals surface area contributed by atoms with Gasteiger partial charge < -0.3 is 4.57 Å². The molecule has 0 atom stereocenters. The normalized spacial score (nSPS) is 10.2. The lowest BCUT2D eigenvalue weighted by atomic mass is 10.2. The molecule has 0 fully saturated rings. The van der Waals surface area contributed by atoms with Gasteiger partial charge in [-0.3, -0.25) is 4.79 Å². The van der Waals surface area contributed by atoms with E-state index in [0.29, 0.717) is 10.6 Å². The SMILES string of the molecule is Cc1c(Cl)cc(C)n(C)c1=O. The third-order valence-corrected chi connectivity index (χ3v) is 2.24. The summed E-state index contributed by atoms with van der Waals surface area (Å²) < 4.78 is 1.58. The van der Waals surface area contributed by atoms with Gasteiger partial charge in [0.25, 0.3) is 5.56 Å². The van der Waals surface area contributed by atoms with Crippen LogP contribution in [0.25, 0.3) is 0 Å². The Morgan fingerprint density at radius 3 is 2.55 bits per heavy atom. The third kappa shape index (κ3) is 1.31. The molecule has 1 rings (SSSR count). The zero-order valence-corrected chi connectivity index (χ0v) is 7.57. The first-order valence-corrected chi connectivity index (χ1v) is 3.74. The minimum atomic E-state index is -0.0185. The molecular formula is C8H10ClNO. The van der Waals surface area contributed by atoms with Crippen LogP contribution in [0.1, 0.15) is 11.3 Å². The van der Waals surface area contributed by atoms with Crippen LogP contribution < -0.4 is 5.56 Å². The van der Waals surface area contributed by atoms with E-state index in [4.69, 9.17) is 11.6 Å². The second-order valence-corrected chi connectivity index (χ2v) is 3.03. The highest BCUT2D eigenvalue weighted by molar-refractivity contribution is 6.31. The van der Waals surface area contributed by atoms with Crippen LogP contribution in [-0.4, -0.2) is 4.57 Å². The van der Waals surface area contributed by atoms with Gasteiger partial charge in [0.1, 0.15) is 0 Å². The Balaban J connectivity index is 3.59. The van der Waals surface area contributed by atoms with Crippen LogP contribution >= 0.6 is 11.6 Å². The molecule has 1 aromatic rings. The maximum Gasteiger partial charge on any atom is 0.254 e. The van der Waals surface area contributed by atoms with E-state index in [1.165, 1.54) is 0 Å². The molecule has 0 amide bonds. The lowest BCUT2D eigenvalue weighted by Gasteiger charge is -2.05. The lowest BCUT2D eigenvalue weighted by molar-refractivity contribution is 0.809. The Labute approximate surface area is 70.4 Å². The second kappa shape index (κ2) is 2.70. The van der Waals surface area contributed by atoms with Crippen LogP contribution in [0.15, 0.2) is 10.9 Å². The van der Waals surface area contributed by atoms with Gasteiger partial charge in [0.15, 0.2) is 0 Å². The van der Waals surface area contributed by atoms with Crippen molar-refractivity contribution in [3.63, 3.8) is 0 Å². The second-order valence-electron chi connectivity index (χ2n) is 2.62. The fourth-order valence-corrected chi connectivity index (χ4v) is 1.14. The smallest absolute Gasteiger partial charge is 0.254 e. The molecule has 0 aliphatic heterocycles. The summed E-state index contributed by atoms with van der Waals surface area (Å²) in [5, 5.41) is 0.547. The third-order valence-electron chi connectivity index (χ3n) is 1.85. The number of rotatable bonds is 0. The van der Waals surface area contributed by atoms with Gasteiger partial charge in [0.2, 0.25) is 0 Å². The van der Waals surface area contributed by atoms with Crippen molar-refractivity contribution in [1.82, 2.24) is 4.57 Å². The number of aryl methyl sites for hydroxylation is 1. The van der Waals surface area contributed by atoms with E-state index >= 15 is 0 Å². The van der Waals surface area contributed by atoms with Crippen LogP contribution in [0.2, 0.25) is 5.02 Å². The Bertz CT molecular complexity index is 311. The molecule has 11 heavy (non-hydrogen) atoms. The van der Waals surface area contributed by atoms with Crippen LogP contribution in [-0.2, 0) is 7.05 Å². The van der Waals surface area contributed by atoms with E-state index in [0.717, 1.165) is 5.69 Å². The zero-order chi connectivity index (χ0) is 8.59. The molecule has 0 unspecified atom stereocenters. The molecule has 0 radical (unpaired) electrons. The van der Waals surface area contributed by atoms with Crippen LogP contribution in [0.4, 0.5) is 0 Å².